The van der Waals surface area contributed by atoms with Crippen LogP contribution in [0.2, 0.25) is 0 Å². The third-order valence-corrected chi connectivity index (χ3v) is 4.42. The van der Waals surface area contributed by atoms with Gasteiger partial charge in [-0.2, -0.15) is 26.3 Å². The van der Waals surface area contributed by atoms with Gasteiger partial charge in [-0.05, 0) is 42.0 Å². The number of halogens is 6. The quantitative estimate of drug-likeness (QED) is 0.363. The molecule has 1 atom stereocenters. The van der Waals surface area contributed by atoms with E-state index < -0.39 is 35.3 Å². The van der Waals surface area contributed by atoms with Crippen molar-refractivity contribution in [2.45, 2.75) is 18.4 Å². The Morgan fingerprint density at radius 1 is 0.667 bits per heavy atom. The molecule has 0 aliphatic heterocycles. The van der Waals surface area contributed by atoms with E-state index in [-0.39, 0.29) is 11.1 Å². The zero-order valence-corrected chi connectivity index (χ0v) is 15.3. The summed E-state index contributed by atoms with van der Waals surface area (Å²) in [7, 11) is 0. The average Bonchev–Trinajstić information content (AvgIpc) is 2.71. The molecule has 0 amide bonds. The summed E-state index contributed by atoms with van der Waals surface area (Å²) in [5.74, 6) is -0.577. The molecular weight excluding hydrogens is 408 g/mol. The molecule has 1 unspecified atom stereocenters. The van der Waals surface area contributed by atoms with E-state index in [4.69, 9.17) is 0 Å². The van der Waals surface area contributed by atoms with Crippen molar-refractivity contribution in [3.05, 3.63) is 101 Å². The Kier molecular flexibility index (Phi) is 5.87. The SMILES string of the molecule is O=C(c1ccc(C(F)(F)F)cc1)C(Nc1ccccc1)c1ccc(C(F)(F)F)cc1. The number of carbonyl (C=O) groups is 1. The second-order valence-electron chi connectivity index (χ2n) is 6.50. The molecule has 0 fully saturated rings. The molecule has 8 heteroatoms. The first kappa shape index (κ1) is 21.4. The molecule has 156 valence electrons. The molecule has 0 heterocycles. The van der Waals surface area contributed by atoms with E-state index in [0.717, 1.165) is 36.4 Å². The molecule has 3 aromatic rings. The van der Waals surface area contributed by atoms with Crippen LogP contribution in [-0.4, -0.2) is 5.78 Å². The van der Waals surface area contributed by atoms with Gasteiger partial charge in [0.25, 0.3) is 0 Å². The van der Waals surface area contributed by atoms with Crippen molar-refractivity contribution < 1.29 is 31.1 Å². The number of nitrogens with one attached hydrogen (secondary N) is 1. The fourth-order valence-electron chi connectivity index (χ4n) is 2.86. The van der Waals surface area contributed by atoms with Crippen LogP contribution in [0.4, 0.5) is 32.0 Å². The monoisotopic (exact) mass is 423 g/mol. The van der Waals surface area contributed by atoms with Crippen molar-refractivity contribution in [2.75, 3.05) is 5.32 Å². The van der Waals surface area contributed by atoms with Crippen molar-refractivity contribution in [2.24, 2.45) is 0 Å². The summed E-state index contributed by atoms with van der Waals surface area (Å²) in [4.78, 5) is 13.0. The predicted molar refractivity (Wildman–Crippen MR) is 100 cm³/mol. The number of alkyl halides is 6. The minimum atomic E-state index is -4.54. The van der Waals surface area contributed by atoms with Crippen LogP contribution in [0, 0.1) is 0 Å². The van der Waals surface area contributed by atoms with Crippen LogP contribution in [0.1, 0.15) is 33.1 Å². The summed E-state index contributed by atoms with van der Waals surface area (Å²) in [5.41, 5.74) is -0.997. The first-order valence-corrected chi connectivity index (χ1v) is 8.76. The van der Waals surface area contributed by atoms with E-state index in [1.54, 1.807) is 30.3 Å². The third-order valence-electron chi connectivity index (χ3n) is 4.42. The number of benzene rings is 3. The number of anilines is 1. The van der Waals surface area contributed by atoms with Crippen LogP contribution >= 0.6 is 0 Å². The van der Waals surface area contributed by atoms with E-state index >= 15 is 0 Å². The van der Waals surface area contributed by atoms with Crippen LogP contribution in [0.25, 0.3) is 0 Å². The molecule has 0 aliphatic rings. The van der Waals surface area contributed by atoms with Gasteiger partial charge in [-0.3, -0.25) is 4.79 Å². The number of carbonyl (C=O) groups excluding carboxylic acids is 1. The average molecular weight is 423 g/mol. The number of hydrogen-bond donors (Lipinski definition) is 1. The van der Waals surface area contributed by atoms with Crippen molar-refractivity contribution in [3.63, 3.8) is 0 Å². The van der Waals surface area contributed by atoms with Gasteiger partial charge >= 0.3 is 12.4 Å². The summed E-state index contributed by atoms with van der Waals surface area (Å²) >= 11 is 0. The molecule has 0 saturated carbocycles. The van der Waals surface area contributed by atoms with Crippen molar-refractivity contribution in [1.29, 1.82) is 0 Å². The van der Waals surface area contributed by atoms with Gasteiger partial charge in [-0.25, -0.2) is 0 Å². The minimum Gasteiger partial charge on any atom is -0.371 e. The second kappa shape index (κ2) is 8.22. The highest BCUT2D eigenvalue weighted by Gasteiger charge is 2.32. The van der Waals surface area contributed by atoms with Gasteiger partial charge in [0.15, 0.2) is 5.78 Å². The first-order valence-electron chi connectivity index (χ1n) is 8.76. The van der Waals surface area contributed by atoms with Gasteiger partial charge < -0.3 is 5.32 Å². The molecular formula is C22H15F6NO. The molecule has 0 spiro atoms. The molecule has 30 heavy (non-hydrogen) atoms. The highest BCUT2D eigenvalue weighted by molar-refractivity contribution is 6.02. The summed E-state index contributed by atoms with van der Waals surface area (Å²) in [6, 6.07) is 15.1. The predicted octanol–water partition coefficient (Wildman–Crippen LogP) is 6.76. The molecule has 1 N–H and O–H groups in total. The lowest BCUT2D eigenvalue weighted by molar-refractivity contribution is -0.138. The lowest BCUT2D eigenvalue weighted by Gasteiger charge is -2.20. The van der Waals surface area contributed by atoms with Crippen LogP contribution in [-0.2, 0) is 12.4 Å². The summed E-state index contributed by atoms with van der Waals surface area (Å²) < 4.78 is 76.9. The van der Waals surface area contributed by atoms with Crippen molar-refractivity contribution >= 4 is 11.5 Å². The molecule has 0 saturated heterocycles. The van der Waals surface area contributed by atoms with Crippen molar-refractivity contribution in [3.8, 4) is 0 Å². The number of Topliss-reactive ketones (excluding diaryl/α,β-unsaturated/α-hetero) is 1. The molecule has 0 radical (unpaired) electrons. The fourth-order valence-corrected chi connectivity index (χ4v) is 2.86. The smallest absolute Gasteiger partial charge is 0.371 e. The lowest BCUT2D eigenvalue weighted by atomic mass is 9.95. The standard InChI is InChI=1S/C22H15F6NO/c23-21(24,25)16-10-6-14(7-11-16)19(29-18-4-2-1-3-5-18)20(30)15-8-12-17(13-9-15)22(26,27)28/h1-13,19,29H. The molecule has 3 aromatic carbocycles. The highest BCUT2D eigenvalue weighted by atomic mass is 19.4. The molecule has 0 aliphatic carbocycles. The largest absolute Gasteiger partial charge is 0.416 e. The van der Waals surface area contributed by atoms with Crippen LogP contribution in [0.15, 0.2) is 78.9 Å². The van der Waals surface area contributed by atoms with E-state index in [9.17, 15) is 31.1 Å². The number of hydrogen-bond acceptors (Lipinski definition) is 2. The Labute approximate surface area is 168 Å². The van der Waals surface area contributed by atoms with E-state index in [2.05, 4.69) is 5.32 Å². The fraction of sp³-hybridized carbons (Fsp3) is 0.136. The first-order chi connectivity index (χ1) is 14.1. The molecule has 0 aromatic heterocycles. The Balaban J connectivity index is 1.95. The lowest BCUT2D eigenvalue weighted by Crippen LogP contribution is -2.22. The topological polar surface area (TPSA) is 29.1 Å². The molecule has 2 nitrogen and oxygen atoms in total. The maximum absolute atomic E-state index is 13.0. The third kappa shape index (κ3) is 5.00. The molecule has 3 rings (SSSR count). The minimum absolute atomic E-state index is 0.00340. The van der Waals surface area contributed by atoms with Gasteiger partial charge in [-0.1, -0.05) is 42.5 Å². The zero-order valence-electron chi connectivity index (χ0n) is 15.3. The van der Waals surface area contributed by atoms with Crippen LogP contribution in [0.5, 0.6) is 0 Å². The van der Waals surface area contributed by atoms with Crippen molar-refractivity contribution in [1.82, 2.24) is 0 Å². The maximum atomic E-state index is 13.0. The van der Waals surface area contributed by atoms with Crippen LogP contribution < -0.4 is 5.32 Å². The van der Waals surface area contributed by atoms with Gasteiger partial charge in [0.1, 0.15) is 6.04 Å². The summed E-state index contributed by atoms with van der Waals surface area (Å²) in [6.07, 6.45) is -9.07. The van der Waals surface area contributed by atoms with Gasteiger partial charge in [0.05, 0.1) is 11.1 Å². The normalized spacial score (nSPS) is 13.0. The van der Waals surface area contributed by atoms with Gasteiger partial charge in [0, 0.05) is 11.3 Å². The van der Waals surface area contributed by atoms with E-state index in [1.807, 2.05) is 0 Å². The molecule has 0 bridgehead atoms. The Morgan fingerprint density at radius 3 is 1.60 bits per heavy atom. The van der Waals surface area contributed by atoms with Gasteiger partial charge in [0.2, 0.25) is 0 Å². The summed E-state index contributed by atoms with van der Waals surface area (Å²) in [6.45, 7) is 0. The zero-order chi connectivity index (χ0) is 21.9. The number of ketones is 1. The van der Waals surface area contributed by atoms with E-state index in [0.29, 0.717) is 5.69 Å². The number of para-hydroxylation sites is 1. The Morgan fingerprint density at radius 2 is 1.13 bits per heavy atom. The second-order valence-corrected chi connectivity index (χ2v) is 6.50. The maximum Gasteiger partial charge on any atom is 0.416 e. The highest BCUT2D eigenvalue weighted by Crippen LogP contribution is 2.32. The van der Waals surface area contributed by atoms with E-state index in [1.165, 1.54) is 12.1 Å². The Hall–Kier alpha value is -3.29. The Bertz CT molecular complexity index is 993. The van der Waals surface area contributed by atoms with Gasteiger partial charge in [-0.15, -0.1) is 0 Å². The van der Waals surface area contributed by atoms with Crippen LogP contribution in [0.3, 0.4) is 0 Å². The number of rotatable bonds is 5. The summed E-state index contributed by atoms with van der Waals surface area (Å²) in [5, 5.41) is 2.94.